The Hall–Kier alpha value is -1.85. The fourth-order valence-corrected chi connectivity index (χ4v) is 3.12. The highest BCUT2D eigenvalue weighted by Crippen LogP contribution is 2.22. The van der Waals surface area contributed by atoms with Gasteiger partial charge in [0.05, 0.1) is 17.9 Å². The molecule has 0 saturated carbocycles. The quantitative estimate of drug-likeness (QED) is 0.915. The van der Waals surface area contributed by atoms with Gasteiger partial charge in [0.15, 0.2) is 0 Å². The molecule has 1 N–H and O–H groups in total. The van der Waals surface area contributed by atoms with Crippen LogP contribution in [0, 0.1) is 0 Å². The average molecular weight is 333 g/mol. The molecule has 1 aromatic carbocycles. The zero-order valence-corrected chi connectivity index (χ0v) is 14.1. The lowest BCUT2D eigenvalue weighted by atomic mass is 10.0. The molecule has 1 aliphatic rings. The van der Waals surface area contributed by atoms with E-state index in [4.69, 9.17) is 11.6 Å². The van der Waals surface area contributed by atoms with E-state index in [2.05, 4.69) is 23.4 Å². The average Bonchev–Trinajstić information content (AvgIpc) is 3.11. The van der Waals surface area contributed by atoms with Crippen LogP contribution in [-0.2, 0) is 11.8 Å². The van der Waals surface area contributed by atoms with E-state index >= 15 is 0 Å². The standard InChI is InChI=1S/C17H21ClN4O/c1-12(13-4-3-5-14(18)8-13)9-19-16-6-7-22(17(16)23)15-10-20-21(2)11-15/h3-5,8,10-12,16,19H,6-7,9H2,1-2H3/t12-,16-/m0/s1. The number of anilines is 1. The Morgan fingerprint density at radius 3 is 3.00 bits per heavy atom. The number of carbonyl (C=O) groups is 1. The number of aromatic nitrogens is 2. The predicted octanol–water partition coefficient (Wildman–Crippen LogP) is 2.57. The van der Waals surface area contributed by atoms with Gasteiger partial charge in [-0.2, -0.15) is 5.10 Å². The van der Waals surface area contributed by atoms with Crippen LogP contribution in [0.15, 0.2) is 36.7 Å². The minimum Gasteiger partial charge on any atom is -0.308 e. The van der Waals surface area contributed by atoms with E-state index in [1.54, 1.807) is 15.8 Å². The second-order valence-corrected chi connectivity index (χ2v) is 6.50. The Balaban J connectivity index is 1.58. The van der Waals surface area contributed by atoms with E-state index in [0.29, 0.717) is 5.92 Å². The van der Waals surface area contributed by atoms with Crippen molar-refractivity contribution in [3.05, 3.63) is 47.2 Å². The number of hydrogen-bond acceptors (Lipinski definition) is 3. The molecule has 0 aliphatic carbocycles. The van der Waals surface area contributed by atoms with Crippen LogP contribution in [0.2, 0.25) is 5.02 Å². The van der Waals surface area contributed by atoms with Gasteiger partial charge in [-0.3, -0.25) is 9.48 Å². The Bertz CT molecular complexity index is 699. The Morgan fingerprint density at radius 2 is 2.30 bits per heavy atom. The zero-order valence-electron chi connectivity index (χ0n) is 13.4. The van der Waals surface area contributed by atoms with E-state index in [9.17, 15) is 4.79 Å². The van der Waals surface area contributed by atoms with Crippen molar-refractivity contribution in [3.8, 4) is 0 Å². The molecular weight excluding hydrogens is 312 g/mol. The first-order valence-electron chi connectivity index (χ1n) is 7.83. The third kappa shape index (κ3) is 3.57. The molecule has 2 atom stereocenters. The molecule has 0 bridgehead atoms. The highest BCUT2D eigenvalue weighted by atomic mass is 35.5. The summed E-state index contributed by atoms with van der Waals surface area (Å²) in [7, 11) is 1.85. The Morgan fingerprint density at radius 1 is 1.48 bits per heavy atom. The van der Waals surface area contributed by atoms with Gasteiger partial charge in [0, 0.05) is 31.4 Å². The molecule has 1 aromatic heterocycles. The summed E-state index contributed by atoms with van der Waals surface area (Å²) in [5.74, 6) is 0.422. The Labute approximate surface area is 141 Å². The van der Waals surface area contributed by atoms with Crippen LogP contribution >= 0.6 is 11.6 Å². The van der Waals surface area contributed by atoms with Crippen molar-refractivity contribution in [1.82, 2.24) is 15.1 Å². The van der Waals surface area contributed by atoms with Gasteiger partial charge in [-0.25, -0.2) is 0 Å². The molecule has 3 rings (SSSR count). The maximum atomic E-state index is 12.5. The van der Waals surface area contributed by atoms with Crippen molar-refractivity contribution >= 4 is 23.2 Å². The van der Waals surface area contributed by atoms with Crippen LogP contribution in [0.3, 0.4) is 0 Å². The third-order valence-corrected chi connectivity index (χ3v) is 4.53. The monoisotopic (exact) mass is 332 g/mol. The number of amides is 1. The largest absolute Gasteiger partial charge is 0.308 e. The van der Waals surface area contributed by atoms with Gasteiger partial charge in [-0.15, -0.1) is 0 Å². The SMILES string of the molecule is C[C@@H](CN[C@H]1CCN(c2cnn(C)c2)C1=O)c1cccc(Cl)c1. The Kier molecular flexibility index (Phi) is 4.68. The number of hydrogen-bond donors (Lipinski definition) is 1. The van der Waals surface area contributed by atoms with E-state index in [1.807, 2.05) is 31.4 Å². The van der Waals surface area contributed by atoms with Gasteiger partial charge in [0.25, 0.3) is 0 Å². The topological polar surface area (TPSA) is 50.2 Å². The van der Waals surface area contributed by atoms with Crippen molar-refractivity contribution in [2.45, 2.75) is 25.3 Å². The molecule has 1 fully saturated rings. The highest BCUT2D eigenvalue weighted by Gasteiger charge is 2.32. The maximum absolute atomic E-state index is 12.5. The number of carbonyl (C=O) groups excluding carboxylic acids is 1. The molecule has 0 unspecified atom stereocenters. The maximum Gasteiger partial charge on any atom is 0.244 e. The second-order valence-electron chi connectivity index (χ2n) is 6.07. The van der Waals surface area contributed by atoms with Crippen molar-refractivity contribution in [1.29, 1.82) is 0 Å². The summed E-state index contributed by atoms with van der Waals surface area (Å²) >= 11 is 6.04. The van der Waals surface area contributed by atoms with E-state index < -0.39 is 0 Å². The number of aryl methyl sites for hydroxylation is 1. The van der Waals surface area contributed by atoms with Crippen LogP contribution < -0.4 is 10.2 Å². The van der Waals surface area contributed by atoms with E-state index in [1.165, 1.54) is 5.56 Å². The summed E-state index contributed by atoms with van der Waals surface area (Å²) in [4.78, 5) is 14.3. The number of nitrogens with one attached hydrogen (secondary N) is 1. The molecule has 0 spiro atoms. The number of nitrogens with zero attached hydrogens (tertiary/aromatic N) is 3. The first kappa shape index (κ1) is 16.0. The van der Waals surface area contributed by atoms with Crippen LogP contribution in [0.25, 0.3) is 0 Å². The first-order valence-corrected chi connectivity index (χ1v) is 8.21. The van der Waals surface area contributed by atoms with Crippen molar-refractivity contribution in [3.63, 3.8) is 0 Å². The molecule has 0 radical (unpaired) electrons. The van der Waals surface area contributed by atoms with Gasteiger partial charge < -0.3 is 10.2 Å². The van der Waals surface area contributed by atoms with Gasteiger partial charge in [0.2, 0.25) is 5.91 Å². The van der Waals surface area contributed by atoms with Gasteiger partial charge in [-0.1, -0.05) is 30.7 Å². The van der Waals surface area contributed by atoms with Crippen LogP contribution in [0.5, 0.6) is 0 Å². The van der Waals surface area contributed by atoms with Crippen LogP contribution in [-0.4, -0.2) is 34.8 Å². The highest BCUT2D eigenvalue weighted by molar-refractivity contribution is 6.30. The lowest BCUT2D eigenvalue weighted by molar-refractivity contribution is -0.118. The molecule has 1 saturated heterocycles. The molecule has 5 nitrogen and oxygen atoms in total. The molecular formula is C17H21ClN4O. The summed E-state index contributed by atoms with van der Waals surface area (Å²) in [5.41, 5.74) is 2.05. The van der Waals surface area contributed by atoms with Crippen LogP contribution in [0.4, 0.5) is 5.69 Å². The van der Waals surface area contributed by atoms with Crippen molar-refractivity contribution in [2.75, 3.05) is 18.0 Å². The van der Waals surface area contributed by atoms with Gasteiger partial charge >= 0.3 is 0 Å². The summed E-state index contributed by atoms with van der Waals surface area (Å²) in [6.45, 7) is 3.61. The number of halogens is 1. The number of rotatable bonds is 5. The summed E-state index contributed by atoms with van der Waals surface area (Å²) < 4.78 is 1.71. The molecule has 1 amide bonds. The molecule has 2 aromatic rings. The van der Waals surface area contributed by atoms with Crippen molar-refractivity contribution in [2.24, 2.45) is 7.05 Å². The second kappa shape index (κ2) is 6.72. The van der Waals surface area contributed by atoms with E-state index in [0.717, 1.165) is 30.2 Å². The van der Waals surface area contributed by atoms with Gasteiger partial charge in [-0.05, 0) is 30.0 Å². The van der Waals surface area contributed by atoms with Gasteiger partial charge in [0.1, 0.15) is 0 Å². The molecule has 23 heavy (non-hydrogen) atoms. The molecule has 1 aliphatic heterocycles. The predicted molar refractivity (Wildman–Crippen MR) is 91.8 cm³/mol. The minimum atomic E-state index is -0.128. The minimum absolute atomic E-state index is 0.122. The fourth-order valence-electron chi connectivity index (χ4n) is 2.92. The molecule has 6 heteroatoms. The summed E-state index contributed by atoms with van der Waals surface area (Å²) in [6.07, 6.45) is 4.42. The van der Waals surface area contributed by atoms with E-state index in [-0.39, 0.29) is 11.9 Å². The lowest BCUT2D eigenvalue weighted by Crippen LogP contribution is -2.39. The zero-order chi connectivity index (χ0) is 16.4. The van der Waals surface area contributed by atoms with Crippen molar-refractivity contribution < 1.29 is 4.79 Å². The summed E-state index contributed by atoms with van der Waals surface area (Å²) in [5, 5.41) is 8.27. The fraction of sp³-hybridized carbons (Fsp3) is 0.412. The van der Waals surface area contributed by atoms with Crippen LogP contribution in [0.1, 0.15) is 24.8 Å². The lowest BCUT2D eigenvalue weighted by Gasteiger charge is -2.18. The number of benzene rings is 1. The molecule has 122 valence electrons. The normalized spacial score (nSPS) is 19.3. The summed E-state index contributed by atoms with van der Waals surface area (Å²) in [6, 6.07) is 7.75. The first-order chi connectivity index (χ1) is 11.0. The molecule has 2 heterocycles. The smallest absolute Gasteiger partial charge is 0.244 e. The third-order valence-electron chi connectivity index (χ3n) is 4.30.